The molecule has 2 aromatic carbocycles. The van der Waals surface area contributed by atoms with E-state index in [4.69, 9.17) is 30.2 Å². The van der Waals surface area contributed by atoms with Crippen LogP contribution in [0.15, 0.2) is 74.0 Å². The Labute approximate surface area is 248 Å². The maximum Gasteiger partial charge on any atom is 0.338 e. The number of carboxylic acids is 1. The fourth-order valence-corrected chi connectivity index (χ4v) is 5.93. The number of ether oxygens (including phenoxy) is 3. The number of allylic oxidation sites excluding steroid dienone is 1. The van der Waals surface area contributed by atoms with Crippen molar-refractivity contribution in [1.29, 1.82) is 0 Å². The zero-order valence-electron chi connectivity index (χ0n) is 23.0. The van der Waals surface area contributed by atoms with Gasteiger partial charge < -0.3 is 23.7 Å². The monoisotopic (exact) mass is 608 g/mol. The third-order valence-corrected chi connectivity index (χ3v) is 7.94. The van der Waals surface area contributed by atoms with E-state index < -0.39 is 23.5 Å². The lowest BCUT2D eigenvalue weighted by Crippen LogP contribution is -2.40. The van der Waals surface area contributed by atoms with Crippen molar-refractivity contribution in [1.82, 2.24) is 4.57 Å². The Balaban J connectivity index is 1.67. The van der Waals surface area contributed by atoms with Gasteiger partial charge >= 0.3 is 11.9 Å². The first-order valence-electron chi connectivity index (χ1n) is 12.7. The minimum absolute atomic E-state index is 0.0569. The van der Waals surface area contributed by atoms with Gasteiger partial charge in [0.15, 0.2) is 4.80 Å². The Hall–Kier alpha value is -4.61. The van der Waals surface area contributed by atoms with Crippen molar-refractivity contribution in [3.63, 3.8) is 0 Å². The number of methoxy groups -OCH3 is 2. The van der Waals surface area contributed by atoms with E-state index in [-0.39, 0.29) is 17.7 Å². The maximum atomic E-state index is 13.9. The summed E-state index contributed by atoms with van der Waals surface area (Å²) >= 11 is 7.44. The van der Waals surface area contributed by atoms with Crippen LogP contribution in [0, 0.1) is 0 Å². The van der Waals surface area contributed by atoms with Gasteiger partial charge in [-0.2, -0.15) is 0 Å². The van der Waals surface area contributed by atoms with Gasteiger partial charge in [-0.05, 0) is 62.4 Å². The molecule has 0 bridgehead atoms. The summed E-state index contributed by atoms with van der Waals surface area (Å²) in [5.41, 5.74) is 1.18. The number of fused-ring (bicyclic) bond motifs is 1. The van der Waals surface area contributed by atoms with E-state index >= 15 is 0 Å². The van der Waals surface area contributed by atoms with E-state index in [9.17, 15) is 19.5 Å². The van der Waals surface area contributed by atoms with Crippen molar-refractivity contribution in [3.05, 3.63) is 101 Å². The van der Waals surface area contributed by atoms with Crippen molar-refractivity contribution >= 4 is 41.0 Å². The predicted molar refractivity (Wildman–Crippen MR) is 156 cm³/mol. The van der Waals surface area contributed by atoms with Crippen molar-refractivity contribution in [3.8, 4) is 22.8 Å². The molecule has 4 aromatic rings. The van der Waals surface area contributed by atoms with Crippen LogP contribution in [0.5, 0.6) is 11.5 Å². The highest BCUT2D eigenvalue weighted by molar-refractivity contribution is 7.07. The summed E-state index contributed by atoms with van der Waals surface area (Å²) in [7, 11) is 3.02. The number of aromatic carboxylic acids is 1. The molecule has 0 radical (unpaired) electrons. The molecule has 12 heteroatoms. The van der Waals surface area contributed by atoms with Gasteiger partial charge in [-0.15, -0.1) is 0 Å². The molecule has 1 aliphatic heterocycles. The first kappa shape index (κ1) is 28.9. The molecule has 1 N–H and O–H groups in total. The third-order valence-electron chi connectivity index (χ3n) is 6.63. The van der Waals surface area contributed by atoms with Crippen molar-refractivity contribution in [2.24, 2.45) is 4.99 Å². The van der Waals surface area contributed by atoms with E-state index in [0.29, 0.717) is 54.2 Å². The molecule has 42 heavy (non-hydrogen) atoms. The van der Waals surface area contributed by atoms with Crippen LogP contribution >= 0.6 is 22.9 Å². The van der Waals surface area contributed by atoms with Crippen LogP contribution in [-0.4, -0.2) is 42.4 Å². The summed E-state index contributed by atoms with van der Waals surface area (Å²) < 4.78 is 24.1. The Morgan fingerprint density at radius 3 is 2.62 bits per heavy atom. The van der Waals surface area contributed by atoms with Crippen LogP contribution in [0.25, 0.3) is 17.4 Å². The minimum Gasteiger partial charge on any atom is -0.497 e. The van der Waals surface area contributed by atoms with E-state index in [1.807, 2.05) is 0 Å². The Bertz CT molecular complexity index is 1930. The van der Waals surface area contributed by atoms with Crippen LogP contribution in [0.2, 0.25) is 5.02 Å². The van der Waals surface area contributed by atoms with Gasteiger partial charge in [-0.3, -0.25) is 9.36 Å². The molecule has 1 atom stereocenters. The van der Waals surface area contributed by atoms with Crippen LogP contribution in [-0.2, 0) is 9.53 Å². The minimum atomic E-state index is -1.10. The number of carbonyl (C=O) groups excluding carboxylic acids is 1. The predicted octanol–water partition coefficient (Wildman–Crippen LogP) is 4.43. The van der Waals surface area contributed by atoms with E-state index in [0.717, 1.165) is 11.3 Å². The summed E-state index contributed by atoms with van der Waals surface area (Å²) in [6.07, 6.45) is 1.56. The van der Waals surface area contributed by atoms with E-state index in [2.05, 4.69) is 4.99 Å². The quantitative estimate of drug-likeness (QED) is 0.291. The highest BCUT2D eigenvalue weighted by atomic mass is 35.5. The molecule has 10 nitrogen and oxygen atoms in total. The Kier molecular flexibility index (Phi) is 8.06. The summed E-state index contributed by atoms with van der Waals surface area (Å²) in [5, 5.41) is 9.67. The molecule has 5 rings (SSSR count). The molecule has 0 saturated heterocycles. The van der Waals surface area contributed by atoms with Gasteiger partial charge in [-0.1, -0.05) is 22.9 Å². The van der Waals surface area contributed by atoms with Crippen LogP contribution in [0.4, 0.5) is 0 Å². The average molecular weight is 609 g/mol. The number of aromatic nitrogens is 1. The zero-order valence-corrected chi connectivity index (χ0v) is 24.5. The molecule has 3 heterocycles. The molecule has 0 saturated carbocycles. The topological polar surface area (TPSA) is 130 Å². The summed E-state index contributed by atoms with van der Waals surface area (Å²) in [5.74, 6) is -0.0624. The van der Waals surface area contributed by atoms with Gasteiger partial charge in [0.25, 0.3) is 5.56 Å². The summed E-state index contributed by atoms with van der Waals surface area (Å²) in [6.45, 7) is 3.53. The second-order valence-electron chi connectivity index (χ2n) is 9.11. The Morgan fingerprint density at radius 2 is 1.93 bits per heavy atom. The molecule has 0 aliphatic carbocycles. The van der Waals surface area contributed by atoms with Crippen LogP contribution in [0.1, 0.15) is 41.6 Å². The number of carbonyl (C=O) groups is 2. The van der Waals surface area contributed by atoms with Crippen LogP contribution < -0.4 is 24.4 Å². The Morgan fingerprint density at radius 1 is 1.14 bits per heavy atom. The van der Waals surface area contributed by atoms with Crippen molar-refractivity contribution in [2.45, 2.75) is 19.9 Å². The largest absolute Gasteiger partial charge is 0.497 e. The second-order valence-corrected chi connectivity index (χ2v) is 10.5. The summed E-state index contributed by atoms with van der Waals surface area (Å²) in [6, 6.07) is 11.8. The summed E-state index contributed by atoms with van der Waals surface area (Å²) in [4.78, 5) is 43.5. The lowest BCUT2D eigenvalue weighted by Gasteiger charge is -2.26. The normalized spacial score (nSPS) is 14.8. The molecule has 1 aliphatic rings. The number of halogens is 1. The average Bonchev–Trinajstić information content (AvgIpc) is 3.56. The van der Waals surface area contributed by atoms with Gasteiger partial charge in [-0.25, -0.2) is 14.6 Å². The third kappa shape index (κ3) is 5.24. The van der Waals surface area contributed by atoms with E-state index in [1.165, 1.54) is 37.0 Å². The fraction of sp³-hybridized carbons (Fsp3) is 0.200. The zero-order chi connectivity index (χ0) is 30.1. The number of hydrogen-bond donors (Lipinski definition) is 1. The lowest BCUT2D eigenvalue weighted by atomic mass is 9.95. The molecular weight excluding hydrogens is 584 g/mol. The standard InChI is InChI=1S/C30H25ClN2O8S/c1-5-40-29(37)25-15(2)32-30-33(26(25)20-13-17(38-3)7-10-22(20)39-4)27(34)24(42-30)14-18-8-11-23(41-18)19-12-16(28(35)36)6-9-21(19)31/h6-14,26H,5H2,1-4H3,(H,35,36)/b24-14-/t26-/m0/s1. The van der Waals surface area contributed by atoms with Gasteiger partial charge in [0.1, 0.15) is 29.1 Å². The molecule has 2 aromatic heterocycles. The number of benzene rings is 2. The number of esters is 1. The molecule has 0 unspecified atom stereocenters. The van der Waals surface area contributed by atoms with Gasteiger partial charge in [0, 0.05) is 17.2 Å². The number of nitrogens with zero attached hydrogens (tertiary/aromatic N) is 2. The number of hydrogen-bond acceptors (Lipinski definition) is 9. The first-order valence-corrected chi connectivity index (χ1v) is 13.9. The SMILES string of the molecule is CCOC(=O)C1=C(C)N=c2s/c(=C\c3ccc(-c4cc(C(=O)O)ccc4Cl)o3)c(=O)n2[C@H]1c1cc(OC)ccc1OC. The lowest BCUT2D eigenvalue weighted by molar-refractivity contribution is -0.139. The highest BCUT2D eigenvalue weighted by Crippen LogP contribution is 2.38. The maximum absolute atomic E-state index is 13.9. The van der Waals surface area contributed by atoms with Gasteiger partial charge in [0.05, 0.1) is 47.2 Å². The number of carboxylic acid groups (broad SMARTS) is 1. The number of thiazole rings is 1. The molecular formula is C30H25ClN2O8S. The number of furan rings is 1. The van der Waals surface area contributed by atoms with Gasteiger partial charge in [0.2, 0.25) is 0 Å². The van der Waals surface area contributed by atoms with Crippen molar-refractivity contribution in [2.75, 3.05) is 20.8 Å². The van der Waals surface area contributed by atoms with Crippen molar-refractivity contribution < 1.29 is 33.3 Å². The number of rotatable bonds is 8. The van der Waals surface area contributed by atoms with Crippen LogP contribution in [0.3, 0.4) is 0 Å². The fourth-order valence-electron chi connectivity index (χ4n) is 4.69. The molecule has 0 amide bonds. The molecule has 0 fully saturated rings. The van der Waals surface area contributed by atoms with E-state index in [1.54, 1.807) is 50.3 Å². The second kappa shape index (κ2) is 11.7. The first-order chi connectivity index (χ1) is 20.2. The molecule has 216 valence electrons. The molecule has 0 spiro atoms. The smallest absolute Gasteiger partial charge is 0.338 e. The highest BCUT2D eigenvalue weighted by Gasteiger charge is 2.35.